The zero-order valence-corrected chi connectivity index (χ0v) is 9.57. The number of nitrogens with one attached hydrogen (secondary N) is 1. The Balaban J connectivity index is 1.84. The van der Waals surface area contributed by atoms with E-state index in [4.69, 9.17) is 0 Å². The SMILES string of the molecule is Cc1cc(NCC(=O)N2CCCC2)ccn1. The molecule has 2 rings (SSSR count). The lowest BCUT2D eigenvalue weighted by atomic mass is 10.3. The van der Waals surface area contributed by atoms with Gasteiger partial charge in [-0.15, -0.1) is 0 Å². The lowest BCUT2D eigenvalue weighted by molar-refractivity contribution is -0.128. The number of pyridine rings is 1. The largest absolute Gasteiger partial charge is 0.376 e. The molecule has 1 aromatic rings. The van der Waals surface area contributed by atoms with Gasteiger partial charge in [0.05, 0.1) is 6.54 Å². The van der Waals surface area contributed by atoms with Crippen molar-refractivity contribution in [3.8, 4) is 0 Å². The van der Waals surface area contributed by atoms with Crippen molar-refractivity contribution in [3.05, 3.63) is 24.0 Å². The topological polar surface area (TPSA) is 45.2 Å². The summed E-state index contributed by atoms with van der Waals surface area (Å²) in [6.45, 7) is 4.14. The highest BCUT2D eigenvalue weighted by Gasteiger charge is 2.16. The normalized spacial score (nSPS) is 15.2. The van der Waals surface area contributed by atoms with E-state index in [1.165, 1.54) is 0 Å². The number of anilines is 1. The van der Waals surface area contributed by atoms with Crippen molar-refractivity contribution >= 4 is 11.6 Å². The number of likely N-dealkylation sites (tertiary alicyclic amines) is 1. The summed E-state index contributed by atoms with van der Waals surface area (Å²) >= 11 is 0. The number of hydrogen-bond donors (Lipinski definition) is 1. The van der Waals surface area contributed by atoms with Crippen molar-refractivity contribution in [1.82, 2.24) is 9.88 Å². The Morgan fingerprint density at radius 3 is 2.94 bits per heavy atom. The molecule has 2 heterocycles. The predicted octanol–water partition coefficient (Wildman–Crippen LogP) is 1.42. The summed E-state index contributed by atoms with van der Waals surface area (Å²) < 4.78 is 0. The van der Waals surface area contributed by atoms with E-state index in [2.05, 4.69) is 10.3 Å². The van der Waals surface area contributed by atoms with Crippen LogP contribution < -0.4 is 5.32 Å². The molecular weight excluding hydrogens is 202 g/mol. The highest BCUT2D eigenvalue weighted by atomic mass is 16.2. The van der Waals surface area contributed by atoms with E-state index in [1.54, 1.807) is 6.20 Å². The van der Waals surface area contributed by atoms with Gasteiger partial charge in [0.15, 0.2) is 0 Å². The van der Waals surface area contributed by atoms with Crippen LogP contribution in [0.5, 0.6) is 0 Å². The molecule has 0 spiro atoms. The van der Waals surface area contributed by atoms with Crippen molar-refractivity contribution < 1.29 is 4.79 Å². The van der Waals surface area contributed by atoms with Crippen molar-refractivity contribution in [2.45, 2.75) is 19.8 Å². The fraction of sp³-hybridized carbons (Fsp3) is 0.500. The van der Waals surface area contributed by atoms with E-state index in [1.807, 2.05) is 24.0 Å². The molecule has 1 aliphatic rings. The van der Waals surface area contributed by atoms with E-state index in [9.17, 15) is 4.79 Å². The Kier molecular flexibility index (Phi) is 3.39. The van der Waals surface area contributed by atoms with Crippen LogP contribution in [0.1, 0.15) is 18.5 Å². The van der Waals surface area contributed by atoms with Gasteiger partial charge in [0.1, 0.15) is 0 Å². The first kappa shape index (κ1) is 10.9. The van der Waals surface area contributed by atoms with Gasteiger partial charge in [-0.05, 0) is 31.9 Å². The average Bonchev–Trinajstić information content (AvgIpc) is 2.79. The number of amides is 1. The molecule has 0 aliphatic carbocycles. The van der Waals surface area contributed by atoms with Gasteiger partial charge in [-0.3, -0.25) is 9.78 Å². The molecule has 4 heteroatoms. The van der Waals surface area contributed by atoms with E-state index in [-0.39, 0.29) is 5.91 Å². The maximum Gasteiger partial charge on any atom is 0.241 e. The van der Waals surface area contributed by atoms with Crippen LogP contribution in [0.4, 0.5) is 5.69 Å². The molecule has 4 nitrogen and oxygen atoms in total. The number of aryl methyl sites for hydroxylation is 1. The van der Waals surface area contributed by atoms with Gasteiger partial charge in [-0.1, -0.05) is 0 Å². The quantitative estimate of drug-likeness (QED) is 0.836. The summed E-state index contributed by atoms with van der Waals surface area (Å²) in [4.78, 5) is 17.8. The number of carbonyl (C=O) groups is 1. The lowest BCUT2D eigenvalue weighted by Crippen LogP contribution is -2.32. The fourth-order valence-electron chi connectivity index (χ4n) is 1.91. The molecule has 1 aromatic heterocycles. The third-order valence-corrected chi connectivity index (χ3v) is 2.80. The summed E-state index contributed by atoms with van der Waals surface area (Å²) in [5.41, 5.74) is 1.92. The van der Waals surface area contributed by atoms with Gasteiger partial charge in [0.25, 0.3) is 0 Å². The van der Waals surface area contributed by atoms with Crippen LogP contribution in [0.3, 0.4) is 0 Å². The minimum atomic E-state index is 0.187. The number of carbonyl (C=O) groups excluding carboxylic acids is 1. The summed E-state index contributed by atoms with van der Waals surface area (Å²) in [6, 6.07) is 3.82. The van der Waals surface area contributed by atoms with Crippen LogP contribution in [-0.2, 0) is 4.79 Å². The third-order valence-electron chi connectivity index (χ3n) is 2.80. The van der Waals surface area contributed by atoms with Crippen LogP contribution in [0, 0.1) is 6.92 Å². The average molecular weight is 219 g/mol. The van der Waals surface area contributed by atoms with Crippen molar-refractivity contribution in [3.63, 3.8) is 0 Å². The highest BCUT2D eigenvalue weighted by molar-refractivity contribution is 5.81. The summed E-state index contributed by atoms with van der Waals surface area (Å²) in [5.74, 6) is 0.187. The molecule has 1 N–H and O–H groups in total. The Hall–Kier alpha value is -1.58. The van der Waals surface area contributed by atoms with Gasteiger partial charge in [0, 0.05) is 30.7 Å². The minimum absolute atomic E-state index is 0.187. The predicted molar refractivity (Wildman–Crippen MR) is 63.3 cm³/mol. The molecule has 1 fully saturated rings. The molecule has 1 amide bonds. The first-order chi connectivity index (χ1) is 7.75. The molecule has 0 bridgehead atoms. The second-order valence-electron chi connectivity index (χ2n) is 4.13. The van der Waals surface area contributed by atoms with E-state index in [0.717, 1.165) is 37.3 Å². The molecule has 0 unspecified atom stereocenters. The van der Waals surface area contributed by atoms with Gasteiger partial charge in [-0.2, -0.15) is 0 Å². The molecule has 0 aromatic carbocycles. The van der Waals surface area contributed by atoms with Crippen molar-refractivity contribution in [2.24, 2.45) is 0 Å². The van der Waals surface area contributed by atoms with Crippen LogP contribution in [-0.4, -0.2) is 35.4 Å². The number of hydrogen-bond acceptors (Lipinski definition) is 3. The summed E-state index contributed by atoms with van der Waals surface area (Å²) in [5, 5.41) is 3.13. The number of aromatic nitrogens is 1. The Morgan fingerprint density at radius 2 is 2.25 bits per heavy atom. The van der Waals surface area contributed by atoms with Crippen LogP contribution in [0.15, 0.2) is 18.3 Å². The van der Waals surface area contributed by atoms with Crippen LogP contribution in [0.2, 0.25) is 0 Å². The van der Waals surface area contributed by atoms with E-state index in [0.29, 0.717) is 6.54 Å². The number of rotatable bonds is 3. The Labute approximate surface area is 95.7 Å². The first-order valence-electron chi connectivity index (χ1n) is 5.70. The fourth-order valence-corrected chi connectivity index (χ4v) is 1.91. The van der Waals surface area contributed by atoms with Crippen molar-refractivity contribution in [1.29, 1.82) is 0 Å². The van der Waals surface area contributed by atoms with Gasteiger partial charge >= 0.3 is 0 Å². The second kappa shape index (κ2) is 4.96. The zero-order chi connectivity index (χ0) is 11.4. The second-order valence-corrected chi connectivity index (χ2v) is 4.13. The standard InChI is InChI=1S/C12H17N3O/c1-10-8-11(4-5-13-10)14-9-12(16)15-6-2-3-7-15/h4-5,8H,2-3,6-7,9H2,1H3,(H,13,14). The zero-order valence-electron chi connectivity index (χ0n) is 9.57. The minimum Gasteiger partial charge on any atom is -0.376 e. The molecular formula is C12H17N3O. The molecule has 0 saturated carbocycles. The van der Waals surface area contributed by atoms with E-state index < -0.39 is 0 Å². The Morgan fingerprint density at radius 1 is 1.50 bits per heavy atom. The molecule has 86 valence electrons. The first-order valence-corrected chi connectivity index (χ1v) is 5.70. The highest BCUT2D eigenvalue weighted by Crippen LogP contribution is 2.09. The van der Waals surface area contributed by atoms with Gasteiger partial charge in [0.2, 0.25) is 5.91 Å². The smallest absolute Gasteiger partial charge is 0.241 e. The maximum atomic E-state index is 11.8. The molecule has 16 heavy (non-hydrogen) atoms. The van der Waals surface area contributed by atoms with E-state index >= 15 is 0 Å². The maximum absolute atomic E-state index is 11.8. The van der Waals surface area contributed by atoms with Gasteiger partial charge in [-0.25, -0.2) is 0 Å². The summed E-state index contributed by atoms with van der Waals surface area (Å²) in [6.07, 6.45) is 4.03. The monoisotopic (exact) mass is 219 g/mol. The lowest BCUT2D eigenvalue weighted by Gasteiger charge is -2.15. The molecule has 0 radical (unpaired) electrons. The molecule has 1 saturated heterocycles. The Bertz CT molecular complexity index is 372. The van der Waals surface area contributed by atoms with Gasteiger partial charge < -0.3 is 10.2 Å². The number of nitrogens with zero attached hydrogens (tertiary/aromatic N) is 2. The van der Waals surface area contributed by atoms with Crippen molar-refractivity contribution in [2.75, 3.05) is 25.0 Å². The molecule has 0 atom stereocenters. The molecule has 1 aliphatic heterocycles. The summed E-state index contributed by atoms with van der Waals surface area (Å²) in [7, 11) is 0. The van der Waals surface area contributed by atoms with Crippen LogP contribution in [0.25, 0.3) is 0 Å². The van der Waals surface area contributed by atoms with Crippen LogP contribution >= 0.6 is 0 Å². The third kappa shape index (κ3) is 2.72.